The Hall–Kier alpha value is -5.32. The second-order valence-electron chi connectivity index (χ2n) is 17.8. The van der Waals surface area contributed by atoms with Crippen molar-refractivity contribution in [3.8, 4) is 0 Å². The number of aliphatic hydroxyl groups excluding tert-OH is 1. The first-order chi connectivity index (χ1) is 32.1. The highest BCUT2D eigenvalue weighted by atomic mass is 32.1. The van der Waals surface area contributed by atoms with Crippen molar-refractivity contribution in [3.63, 3.8) is 0 Å². The van der Waals surface area contributed by atoms with Crippen LogP contribution < -0.4 is 38.1 Å². The molecule has 8 amide bonds. The van der Waals surface area contributed by atoms with Crippen LogP contribution in [0.4, 0.5) is 0 Å². The number of amides is 8. The zero-order valence-electron chi connectivity index (χ0n) is 38.2. The van der Waals surface area contributed by atoms with E-state index in [4.69, 9.17) is 11.5 Å². The van der Waals surface area contributed by atoms with Gasteiger partial charge in [0.25, 0.3) is 0 Å². The van der Waals surface area contributed by atoms with Crippen LogP contribution in [0.1, 0.15) is 102 Å². The zero-order chi connectivity index (χ0) is 48.8. The molecule has 9 atom stereocenters. The fraction of sp³-hybridized carbons (Fsp3) is 0.667. The molecule has 4 saturated heterocycles. The summed E-state index contributed by atoms with van der Waals surface area (Å²) in [6, 6.07) is -2.90. The molecule has 0 aromatic heterocycles. The molecule has 1 aromatic rings. The van der Waals surface area contributed by atoms with E-state index in [2.05, 4.69) is 39.2 Å². The molecule has 11 N–H and O–H groups in total. The lowest BCUT2D eigenvalue weighted by Gasteiger charge is -2.33. The second kappa shape index (κ2) is 25.2. The van der Waals surface area contributed by atoms with Crippen LogP contribution in [0.15, 0.2) is 24.3 Å². The molecule has 22 heteroatoms. The van der Waals surface area contributed by atoms with Crippen molar-refractivity contribution in [1.29, 1.82) is 0 Å². The Balaban J connectivity index is 1.56. The fourth-order valence-corrected chi connectivity index (χ4v) is 9.63. The third-order valence-corrected chi connectivity index (χ3v) is 13.4. The normalized spacial score (nSPS) is 28.4. The van der Waals surface area contributed by atoms with Gasteiger partial charge in [-0.15, -0.1) is 0 Å². The van der Waals surface area contributed by atoms with E-state index in [9.17, 15) is 53.4 Å². The summed E-state index contributed by atoms with van der Waals surface area (Å²) < 4.78 is 0. The number of nitrogens with two attached hydrogens (primary N) is 2. The lowest BCUT2D eigenvalue weighted by molar-refractivity contribution is -0.146. The summed E-state index contributed by atoms with van der Waals surface area (Å²) in [4.78, 5) is 130. The van der Waals surface area contributed by atoms with E-state index in [0.29, 0.717) is 56.2 Å². The molecule has 4 aliphatic rings. The van der Waals surface area contributed by atoms with Gasteiger partial charge in [0.2, 0.25) is 47.3 Å². The highest BCUT2D eigenvalue weighted by Gasteiger charge is 2.46. The molecule has 1 aromatic carbocycles. The standard InChI is InChI=1S/C45H68N10O11S/c1-2-3-12-29-39(60)52-33(25-67)45(66)54-20-9-15-35(54)41(62)51-32(21-26-10-4-5-11-27(26)23-47)44(65)55-24-28(56)22-36(55)42(63)50-31(16-17-37(57)58)43(64)53-19-8-14-34(53)40(61)49-30(38(59)48-29)13-6-7-18-46/h4-5,10-11,28-36,56,67H,2-3,6-9,12-25,46-47H2,1H3,(H,48,59)(H,49,61)(H,50,63)(H,51,62)(H,52,60)(H,57,58)/t28-,29+,30-,31+,32+,33-,34-,35+,36+/m1/s1. The average molecular weight is 957 g/mol. The minimum absolute atomic E-state index is 0.0710. The largest absolute Gasteiger partial charge is 0.481 e. The minimum atomic E-state index is -1.47. The van der Waals surface area contributed by atoms with Gasteiger partial charge < -0.3 is 63.0 Å². The maximum Gasteiger partial charge on any atom is 0.303 e. The van der Waals surface area contributed by atoms with Crippen molar-refractivity contribution in [3.05, 3.63) is 35.4 Å². The summed E-state index contributed by atoms with van der Waals surface area (Å²) in [5.74, 6) is -7.08. The van der Waals surface area contributed by atoms with Crippen LogP contribution in [-0.2, 0) is 56.1 Å². The lowest BCUT2D eigenvalue weighted by atomic mass is 9.98. The Kier molecular flexibility index (Phi) is 19.8. The lowest BCUT2D eigenvalue weighted by Crippen LogP contribution is -2.61. The van der Waals surface area contributed by atoms with Crippen molar-refractivity contribution in [2.45, 2.75) is 158 Å². The van der Waals surface area contributed by atoms with Gasteiger partial charge in [0.1, 0.15) is 48.3 Å². The van der Waals surface area contributed by atoms with Crippen LogP contribution in [0.25, 0.3) is 0 Å². The van der Waals surface area contributed by atoms with E-state index < -0.39 is 114 Å². The van der Waals surface area contributed by atoms with E-state index in [1.54, 1.807) is 24.3 Å². The Morgan fingerprint density at radius 3 is 1.73 bits per heavy atom. The van der Waals surface area contributed by atoms with Gasteiger partial charge in [0.15, 0.2) is 0 Å². The molecule has 0 bridgehead atoms. The molecular formula is C45H68N10O11S. The van der Waals surface area contributed by atoms with E-state index in [0.717, 1.165) is 4.90 Å². The summed E-state index contributed by atoms with van der Waals surface area (Å²) >= 11 is 4.39. The first-order valence-electron chi connectivity index (χ1n) is 23.5. The zero-order valence-corrected chi connectivity index (χ0v) is 39.1. The average Bonchev–Trinajstić information content (AvgIpc) is 4.10. The van der Waals surface area contributed by atoms with E-state index in [-0.39, 0.29) is 76.9 Å². The number of hydrogen-bond acceptors (Lipinski definition) is 13. The van der Waals surface area contributed by atoms with Gasteiger partial charge >= 0.3 is 5.97 Å². The first kappa shape index (κ1) is 52.6. The van der Waals surface area contributed by atoms with Crippen molar-refractivity contribution < 1.29 is 53.4 Å². The maximum absolute atomic E-state index is 14.8. The van der Waals surface area contributed by atoms with E-state index in [1.807, 2.05) is 6.92 Å². The SMILES string of the molecule is CCCC[C@@H]1NC(=O)[C@@H](CCCCN)NC(=O)[C@H]2CCCN2C(=O)[C@H](CCC(=O)O)NC(=O)[C@@H]2C[C@@H](O)CN2C(=O)[C@H](Cc2ccccc2CN)NC(=O)[C@@H]2CCCN2C(=O)[C@@H](CS)NC1=O. The predicted octanol–water partition coefficient (Wildman–Crippen LogP) is -1.82. The molecule has 0 spiro atoms. The highest BCUT2D eigenvalue weighted by Crippen LogP contribution is 2.25. The predicted molar refractivity (Wildman–Crippen MR) is 246 cm³/mol. The van der Waals surface area contributed by atoms with Crippen LogP contribution in [0, 0.1) is 0 Å². The number of hydrogen-bond donors (Lipinski definition) is 10. The number of unbranched alkanes of at least 4 members (excludes halogenated alkanes) is 2. The molecule has 4 aliphatic heterocycles. The summed E-state index contributed by atoms with van der Waals surface area (Å²) in [6.07, 6.45) is 1.17. The second-order valence-corrected chi connectivity index (χ2v) is 18.2. The summed E-state index contributed by atoms with van der Waals surface area (Å²) in [7, 11) is 0. The number of aliphatic carboxylic acids is 1. The number of carboxylic acid groups (broad SMARTS) is 1. The number of thiol groups is 1. The number of nitrogens with zero attached hydrogens (tertiary/aromatic N) is 3. The van der Waals surface area contributed by atoms with Gasteiger partial charge in [-0.05, 0) is 75.5 Å². The van der Waals surface area contributed by atoms with Crippen LogP contribution in [0.5, 0.6) is 0 Å². The van der Waals surface area contributed by atoms with Crippen LogP contribution >= 0.6 is 12.6 Å². The summed E-state index contributed by atoms with van der Waals surface area (Å²) in [5.41, 5.74) is 13.1. The van der Waals surface area contributed by atoms with Crippen LogP contribution in [0.2, 0.25) is 0 Å². The first-order valence-corrected chi connectivity index (χ1v) is 24.2. The van der Waals surface area contributed by atoms with Crippen molar-refractivity contribution in [2.75, 3.05) is 31.9 Å². The summed E-state index contributed by atoms with van der Waals surface area (Å²) in [6.45, 7) is 2.22. The Morgan fingerprint density at radius 1 is 0.657 bits per heavy atom. The monoisotopic (exact) mass is 956 g/mol. The number of nitrogens with one attached hydrogen (secondary N) is 5. The van der Waals surface area contributed by atoms with Gasteiger partial charge in [-0.25, -0.2) is 0 Å². The number of benzene rings is 1. The van der Waals surface area contributed by atoms with Crippen LogP contribution in [-0.4, -0.2) is 165 Å². The number of rotatable bonds is 14. The quantitative estimate of drug-likeness (QED) is 0.0727. The van der Waals surface area contributed by atoms with E-state index >= 15 is 0 Å². The Bertz CT molecular complexity index is 1980. The Morgan fingerprint density at radius 2 is 1.16 bits per heavy atom. The maximum atomic E-state index is 14.8. The Labute approximate surface area is 396 Å². The third-order valence-electron chi connectivity index (χ3n) is 13.0. The summed E-state index contributed by atoms with van der Waals surface area (Å²) in [5, 5.41) is 34.3. The molecule has 4 heterocycles. The van der Waals surface area contributed by atoms with Crippen molar-refractivity contribution in [1.82, 2.24) is 41.3 Å². The number of carbonyl (C=O) groups excluding carboxylic acids is 8. The molecule has 5 rings (SSSR count). The molecule has 21 nitrogen and oxygen atoms in total. The minimum Gasteiger partial charge on any atom is -0.481 e. The van der Waals surface area contributed by atoms with Gasteiger partial charge in [0, 0.05) is 51.2 Å². The molecule has 0 aliphatic carbocycles. The van der Waals surface area contributed by atoms with Gasteiger partial charge in [-0.3, -0.25) is 43.2 Å². The van der Waals surface area contributed by atoms with Crippen LogP contribution in [0.3, 0.4) is 0 Å². The van der Waals surface area contributed by atoms with Gasteiger partial charge in [0.05, 0.1) is 6.10 Å². The highest BCUT2D eigenvalue weighted by molar-refractivity contribution is 7.80. The van der Waals surface area contributed by atoms with Crippen molar-refractivity contribution >= 4 is 65.9 Å². The molecule has 0 unspecified atom stereocenters. The molecule has 0 radical (unpaired) electrons. The van der Waals surface area contributed by atoms with Gasteiger partial charge in [-0.1, -0.05) is 44.0 Å². The van der Waals surface area contributed by atoms with Crippen molar-refractivity contribution in [2.24, 2.45) is 11.5 Å². The molecule has 0 saturated carbocycles. The number of aliphatic hydroxyl groups is 1. The van der Waals surface area contributed by atoms with E-state index in [1.165, 1.54) is 9.80 Å². The number of carbonyl (C=O) groups is 9. The van der Waals surface area contributed by atoms with Gasteiger partial charge in [-0.2, -0.15) is 12.6 Å². The molecular weight excluding hydrogens is 889 g/mol. The molecule has 4 fully saturated rings. The molecule has 370 valence electrons. The third kappa shape index (κ3) is 13.7. The smallest absolute Gasteiger partial charge is 0.303 e. The fourth-order valence-electron chi connectivity index (χ4n) is 9.39. The molecule has 67 heavy (non-hydrogen) atoms. The number of fused-ring (bicyclic) bond motifs is 3. The number of carboxylic acids is 1. The topological polar surface area (TPSA) is 316 Å².